The molecule has 2 heterocycles. The van der Waals surface area contributed by atoms with E-state index in [1.807, 2.05) is 41.8 Å². The van der Waals surface area contributed by atoms with Gasteiger partial charge in [-0.25, -0.2) is 4.98 Å². The van der Waals surface area contributed by atoms with Crippen molar-refractivity contribution in [1.82, 2.24) is 9.55 Å². The van der Waals surface area contributed by atoms with E-state index in [9.17, 15) is 5.26 Å². The van der Waals surface area contributed by atoms with Crippen LogP contribution < -0.4 is 0 Å². The fourth-order valence-electron chi connectivity index (χ4n) is 3.63. The number of thiazole rings is 1. The molecule has 4 rings (SSSR count). The number of allylic oxidation sites excluding steroid dienone is 1. The van der Waals surface area contributed by atoms with Crippen LogP contribution in [-0.2, 0) is 0 Å². The van der Waals surface area contributed by atoms with E-state index in [1.165, 1.54) is 22.5 Å². The molecule has 0 bridgehead atoms. The van der Waals surface area contributed by atoms with Crippen molar-refractivity contribution in [1.29, 1.82) is 5.26 Å². The van der Waals surface area contributed by atoms with Crippen LogP contribution in [0.15, 0.2) is 60.0 Å². The highest BCUT2D eigenvalue weighted by Gasteiger charge is 2.13. The number of hydrogen-bond donors (Lipinski definition) is 0. The Bertz CT molecular complexity index is 1280. The maximum absolute atomic E-state index is 9.81. The Kier molecular flexibility index (Phi) is 5.39. The lowest BCUT2D eigenvalue weighted by molar-refractivity contribution is 0.961. The van der Waals surface area contributed by atoms with Gasteiger partial charge in [-0.15, -0.1) is 11.3 Å². The quantitative estimate of drug-likeness (QED) is 0.344. The van der Waals surface area contributed by atoms with Crippen molar-refractivity contribution in [3.05, 3.63) is 93.1 Å². The summed E-state index contributed by atoms with van der Waals surface area (Å²) >= 11 is 1.50. The Morgan fingerprint density at radius 3 is 2.47 bits per heavy atom. The van der Waals surface area contributed by atoms with Gasteiger partial charge >= 0.3 is 0 Å². The Morgan fingerprint density at radius 2 is 1.77 bits per heavy atom. The van der Waals surface area contributed by atoms with Gasteiger partial charge in [-0.1, -0.05) is 36.4 Å². The van der Waals surface area contributed by atoms with Gasteiger partial charge in [0.1, 0.15) is 11.1 Å². The first kappa shape index (κ1) is 19.9. The van der Waals surface area contributed by atoms with Crippen LogP contribution in [0, 0.1) is 39.0 Å². The Morgan fingerprint density at radius 1 is 1.00 bits per heavy atom. The van der Waals surface area contributed by atoms with Crippen LogP contribution in [0.4, 0.5) is 0 Å². The summed E-state index contributed by atoms with van der Waals surface area (Å²) in [5.74, 6) is 0. The zero-order valence-electron chi connectivity index (χ0n) is 17.6. The number of nitrogens with zero attached hydrogens (tertiary/aromatic N) is 3. The molecule has 148 valence electrons. The molecule has 0 atom stereocenters. The summed E-state index contributed by atoms with van der Waals surface area (Å²) in [6, 6.07) is 21.0. The van der Waals surface area contributed by atoms with Gasteiger partial charge in [0.2, 0.25) is 0 Å². The van der Waals surface area contributed by atoms with Crippen molar-refractivity contribution in [3.8, 4) is 23.0 Å². The van der Waals surface area contributed by atoms with Gasteiger partial charge in [-0.05, 0) is 68.7 Å². The predicted octanol–water partition coefficient (Wildman–Crippen LogP) is 6.90. The van der Waals surface area contributed by atoms with Gasteiger partial charge in [-0.3, -0.25) is 0 Å². The highest BCUT2D eigenvalue weighted by atomic mass is 32.1. The fraction of sp³-hybridized carbons (Fsp3) is 0.154. The first-order valence-electron chi connectivity index (χ1n) is 9.87. The van der Waals surface area contributed by atoms with Crippen molar-refractivity contribution in [2.45, 2.75) is 27.7 Å². The lowest BCUT2D eigenvalue weighted by Gasteiger charge is -2.11. The Hall–Kier alpha value is -3.42. The predicted molar refractivity (Wildman–Crippen MR) is 126 cm³/mol. The van der Waals surface area contributed by atoms with Crippen molar-refractivity contribution in [2.24, 2.45) is 0 Å². The summed E-state index contributed by atoms with van der Waals surface area (Å²) in [5.41, 5.74) is 9.54. The maximum atomic E-state index is 9.81. The van der Waals surface area contributed by atoms with E-state index in [1.54, 1.807) is 0 Å². The van der Waals surface area contributed by atoms with E-state index >= 15 is 0 Å². The number of aryl methyl sites for hydroxylation is 3. The van der Waals surface area contributed by atoms with Crippen LogP contribution in [0.5, 0.6) is 0 Å². The van der Waals surface area contributed by atoms with E-state index in [0.29, 0.717) is 5.57 Å². The number of rotatable bonds is 4. The molecular weight excluding hydrogens is 386 g/mol. The average molecular weight is 410 g/mol. The summed E-state index contributed by atoms with van der Waals surface area (Å²) in [6.45, 7) is 8.46. The average Bonchev–Trinajstić information content (AvgIpc) is 3.34. The molecule has 2 aromatic heterocycles. The smallest absolute Gasteiger partial charge is 0.134 e. The first-order valence-corrected chi connectivity index (χ1v) is 10.8. The maximum Gasteiger partial charge on any atom is 0.134 e. The fourth-order valence-corrected chi connectivity index (χ4v) is 4.43. The molecule has 0 N–H and O–H groups in total. The summed E-state index contributed by atoms with van der Waals surface area (Å²) in [6.07, 6.45) is 1.95. The van der Waals surface area contributed by atoms with Crippen molar-refractivity contribution in [3.63, 3.8) is 0 Å². The highest BCUT2D eigenvalue weighted by molar-refractivity contribution is 7.11. The molecule has 0 aliphatic heterocycles. The van der Waals surface area contributed by atoms with Crippen LogP contribution in [0.1, 0.15) is 33.1 Å². The molecule has 0 aliphatic rings. The van der Waals surface area contributed by atoms with Crippen LogP contribution in [0.2, 0.25) is 0 Å². The molecule has 2 aromatic carbocycles. The summed E-state index contributed by atoms with van der Waals surface area (Å²) < 4.78 is 2.24. The van der Waals surface area contributed by atoms with E-state index in [4.69, 9.17) is 4.98 Å². The van der Waals surface area contributed by atoms with Crippen LogP contribution >= 0.6 is 11.3 Å². The normalized spacial score (nSPS) is 11.5. The van der Waals surface area contributed by atoms with Crippen LogP contribution in [-0.4, -0.2) is 9.55 Å². The van der Waals surface area contributed by atoms with Gasteiger partial charge in [0.15, 0.2) is 0 Å². The highest BCUT2D eigenvalue weighted by Crippen LogP contribution is 2.29. The molecule has 0 amide bonds. The molecular formula is C26H23N3S. The zero-order valence-corrected chi connectivity index (χ0v) is 18.4. The molecule has 3 nitrogen and oxygen atoms in total. The third-order valence-electron chi connectivity index (χ3n) is 5.44. The molecule has 0 fully saturated rings. The van der Waals surface area contributed by atoms with Crippen molar-refractivity contribution in [2.75, 3.05) is 0 Å². The topological polar surface area (TPSA) is 41.6 Å². The number of aromatic nitrogens is 2. The first-order chi connectivity index (χ1) is 14.5. The minimum Gasteiger partial charge on any atom is -0.318 e. The zero-order chi connectivity index (χ0) is 21.3. The summed E-state index contributed by atoms with van der Waals surface area (Å²) in [7, 11) is 0. The standard InChI is InChI=1S/C26H23N3S/c1-17-10-11-24(12-18(17)2)29-19(3)13-22(20(29)4)14-23(15-27)26-28-25(16-30-26)21-8-6-5-7-9-21/h5-14,16H,1-4H3/b23-14+. The SMILES string of the molecule is Cc1ccc(-n2c(C)cc(/C=C(\C#N)c3nc(-c4ccccc4)cs3)c2C)cc1C. The molecule has 0 unspecified atom stereocenters. The molecule has 0 aliphatic carbocycles. The lowest BCUT2D eigenvalue weighted by Crippen LogP contribution is -2.00. The minimum atomic E-state index is 0.586. The third kappa shape index (κ3) is 3.72. The minimum absolute atomic E-state index is 0.586. The molecule has 0 saturated carbocycles. The largest absolute Gasteiger partial charge is 0.318 e. The summed E-state index contributed by atoms with van der Waals surface area (Å²) in [4.78, 5) is 4.71. The van der Waals surface area contributed by atoms with Gasteiger partial charge in [0.05, 0.1) is 11.3 Å². The van der Waals surface area contributed by atoms with Crippen LogP contribution in [0.25, 0.3) is 28.6 Å². The second kappa shape index (κ2) is 8.14. The molecule has 0 radical (unpaired) electrons. The van der Waals surface area contributed by atoms with Gasteiger partial charge in [0, 0.05) is 28.0 Å². The van der Waals surface area contributed by atoms with Gasteiger partial charge in [-0.2, -0.15) is 5.26 Å². The van der Waals surface area contributed by atoms with E-state index in [2.05, 4.69) is 62.6 Å². The van der Waals surface area contributed by atoms with Gasteiger partial charge < -0.3 is 4.57 Å². The second-order valence-corrected chi connectivity index (χ2v) is 8.36. The number of nitriles is 1. The molecule has 0 saturated heterocycles. The van der Waals surface area contributed by atoms with Crippen molar-refractivity contribution >= 4 is 23.0 Å². The lowest BCUT2D eigenvalue weighted by atomic mass is 10.1. The molecule has 0 spiro atoms. The summed E-state index contributed by atoms with van der Waals surface area (Å²) in [5, 5.41) is 12.6. The number of benzene rings is 2. The molecule has 4 heteroatoms. The Balaban J connectivity index is 1.73. The third-order valence-corrected chi connectivity index (χ3v) is 6.32. The van der Waals surface area contributed by atoms with E-state index in [0.717, 1.165) is 38.9 Å². The Labute approximate surface area is 181 Å². The van der Waals surface area contributed by atoms with Crippen LogP contribution in [0.3, 0.4) is 0 Å². The van der Waals surface area contributed by atoms with Gasteiger partial charge in [0.25, 0.3) is 0 Å². The van der Waals surface area contributed by atoms with Crippen molar-refractivity contribution < 1.29 is 0 Å². The number of hydrogen-bond acceptors (Lipinski definition) is 3. The van der Waals surface area contributed by atoms with E-state index in [-0.39, 0.29) is 0 Å². The molecule has 30 heavy (non-hydrogen) atoms. The monoisotopic (exact) mass is 409 g/mol. The second-order valence-electron chi connectivity index (χ2n) is 7.50. The molecule has 4 aromatic rings. The van der Waals surface area contributed by atoms with E-state index < -0.39 is 0 Å².